The van der Waals surface area contributed by atoms with E-state index in [-0.39, 0.29) is 10.7 Å². The molecule has 3 aromatic heterocycles. The van der Waals surface area contributed by atoms with Gasteiger partial charge in [-0.25, -0.2) is 0 Å². The zero-order valence-corrected chi connectivity index (χ0v) is 17.4. The van der Waals surface area contributed by atoms with Crippen LogP contribution in [0, 0.1) is 0 Å². The number of hydrogen-bond acceptors (Lipinski definition) is 4. The lowest BCUT2D eigenvalue weighted by Crippen LogP contribution is -2.46. The minimum absolute atomic E-state index is 0.163. The molecular formula is C24H20N4O4. The van der Waals surface area contributed by atoms with Crippen LogP contribution >= 0.6 is 0 Å². The summed E-state index contributed by atoms with van der Waals surface area (Å²) in [7, 11) is 3.19. The van der Waals surface area contributed by atoms with Crippen LogP contribution in [0.4, 0.5) is 0 Å². The third-order valence-corrected chi connectivity index (χ3v) is 5.43. The lowest BCUT2D eigenvalue weighted by atomic mass is 10.1. The van der Waals surface area contributed by atoms with E-state index in [1.54, 1.807) is 38.8 Å². The Balaban J connectivity index is 1.63. The number of fused-ring (bicyclic) bond motifs is 2. The lowest BCUT2D eigenvalue weighted by Gasteiger charge is -1.99. The molecule has 0 aliphatic rings. The zero-order chi connectivity index (χ0) is 22.2. The van der Waals surface area contributed by atoms with Gasteiger partial charge in [0.15, 0.2) is 0 Å². The van der Waals surface area contributed by atoms with Crippen molar-refractivity contribution in [1.29, 1.82) is 0 Å². The Morgan fingerprint density at radius 3 is 1.53 bits per heavy atom. The zero-order valence-electron chi connectivity index (χ0n) is 17.4. The number of ether oxygens (including phenoxy) is 2. The van der Waals surface area contributed by atoms with Crippen molar-refractivity contribution >= 4 is 34.0 Å². The lowest BCUT2D eigenvalue weighted by molar-refractivity contribution is 0.415. The molecule has 2 aromatic carbocycles. The van der Waals surface area contributed by atoms with Crippen molar-refractivity contribution in [2.24, 2.45) is 0 Å². The summed E-state index contributed by atoms with van der Waals surface area (Å²) in [5.74, 6) is 1.41. The molecule has 0 bridgehead atoms. The predicted octanol–water partition coefficient (Wildman–Crippen LogP) is 1.70. The number of hydrogen-bond donors (Lipinski definition) is 4. The summed E-state index contributed by atoms with van der Waals surface area (Å²) in [5.41, 5.74) is 2.53. The third kappa shape index (κ3) is 3.37. The normalized spacial score (nSPS) is 12.7. The van der Waals surface area contributed by atoms with Crippen LogP contribution in [-0.4, -0.2) is 34.2 Å². The SMILES string of the molecule is COc1ccc2[nH]cc(/C=c3\[nH]c(=O)/c(=C/c4c[nH]c5ccc(OC)cc45)[nH]c3=O)c2c1. The van der Waals surface area contributed by atoms with Crippen LogP contribution in [0.15, 0.2) is 58.4 Å². The van der Waals surface area contributed by atoms with Gasteiger partial charge in [0.05, 0.1) is 14.2 Å². The molecule has 160 valence electrons. The van der Waals surface area contributed by atoms with Gasteiger partial charge < -0.3 is 29.4 Å². The van der Waals surface area contributed by atoms with Gasteiger partial charge in [0.25, 0.3) is 11.1 Å². The fourth-order valence-electron chi connectivity index (χ4n) is 3.74. The van der Waals surface area contributed by atoms with Gasteiger partial charge in [-0.15, -0.1) is 0 Å². The molecule has 0 aliphatic carbocycles. The highest BCUT2D eigenvalue weighted by atomic mass is 16.5. The molecule has 0 atom stereocenters. The Kier molecular flexibility index (Phi) is 4.67. The number of aromatic nitrogens is 4. The summed E-state index contributed by atoms with van der Waals surface area (Å²) in [4.78, 5) is 37.1. The van der Waals surface area contributed by atoms with Gasteiger partial charge in [-0.3, -0.25) is 9.59 Å². The van der Waals surface area contributed by atoms with Crippen LogP contribution in [0.1, 0.15) is 11.1 Å². The van der Waals surface area contributed by atoms with E-state index in [1.165, 1.54) is 0 Å². The van der Waals surface area contributed by atoms with Crippen LogP contribution in [0.3, 0.4) is 0 Å². The van der Waals surface area contributed by atoms with Gasteiger partial charge >= 0.3 is 0 Å². The fourth-order valence-corrected chi connectivity index (χ4v) is 3.74. The van der Waals surface area contributed by atoms with Crippen molar-refractivity contribution in [3.8, 4) is 11.5 Å². The van der Waals surface area contributed by atoms with E-state index < -0.39 is 11.1 Å². The first kappa shape index (κ1) is 19.5. The molecule has 4 N–H and O–H groups in total. The summed E-state index contributed by atoms with van der Waals surface area (Å²) in [6.07, 6.45) is 6.83. The first-order valence-corrected chi connectivity index (χ1v) is 9.92. The van der Waals surface area contributed by atoms with Crippen molar-refractivity contribution in [2.45, 2.75) is 0 Å². The number of nitrogens with one attached hydrogen (secondary N) is 4. The van der Waals surface area contributed by atoms with E-state index in [0.717, 1.165) is 32.9 Å². The second-order valence-electron chi connectivity index (χ2n) is 7.34. The number of aromatic amines is 4. The molecule has 0 saturated heterocycles. The van der Waals surface area contributed by atoms with Gasteiger partial charge in [-0.05, 0) is 48.6 Å². The quantitative estimate of drug-likeness (QED) is 0.349. The summed E-state index contributed by atoms with van der Waals surface area (Å²) in [6.45, 7) is 0. The molecule has 0 fully saturated rings. The Hall–Kier alpha value is -4.46. The van der Waals surface area contributed by atoms with Gasteiger partial charge in [-0.2, -0.15) is 0 Å². The summed E-state index contributed by atoms with van der Waals surface area (Å²) in [6, 6.07) is 11.2. The molecule has 0 radical (unpaired) electrons. The smallest absolute Gasteiger partial charge is 0.272 e. The molecule has 0 saturated carbocycles. The highest BCUT2D eigenvalue weighted by molar-refractivity contribution is 5.90. The van der Waals surface area contributed by atoms with Crippen molar-refractivity contribution in [2.75, 3.05) is 14.2 Å². The van der Waals surface area contributed by atoms with E-state index in [4.69, 9.17) is 9.47 Å². The van der Waals surface area contributed by atoms with Crippen LogP contribution in [-0.2, 0) is 0 Å². The van der Waals surface area contributed by atoms with Gasteiger partial charge in [0.2, 0.25) is 0 Å². The van der Waals surface area contributed by atoms with E-state index in [1.807, 2.05) is 36.4 Å². The minimum Gasteiger partial charge on any atom is -0.497 e. The Morgan fingerprint density at radius 1 is 0.688 bits per heavy atom. The average Bonchev–Trinajstić information content (AvgIpc) is 3.40. The first-order chi connectivity index (χ1) is 15.6. The molecule has 5 rings (SSSR count). The second-order valence-corrected chi connectivity index (χ2v) is 7.34. The summed E-state index contributed by atoms with van der Waals surface area (Å²) >= 11 is 0. The first-order valence-electron chi connectivity index (χ1n) is 9.92. The fraction of sp³-hybridized carbons (Fsp3) is 0.0833. The predicted molar refractivity (Wildman–Crippen MR) is 124 cm³/mol. The molecule has 0 spiro atoms. The van der Waals surface area contributed by atoms with Gasteiger partial charge in [0.1, 0.15) is 22.2 Å². The molecule has 3 heterocycles. The van der Waals surface area contributed by atoms with Crippen molar-refractivity contribution in [3.63, 3.8) is 0 Å². The molecule has 0 aliphatic heterocycles. The van der Waals surface area contributed by atoms with E-state index in [0.29, 0.717) is 11.5 Å². The Labute approximate surface area is 180 Å². The van der Waals surface area contributed by atoms with Crippen LogP contribution < -0.4 is 31.3 Å². The van der Waals surface area contributed by atoms with E-state index in [2.05, 4.69) is 19.9 Å². The Morgan fingerprint density at radius 2 is 1.12 bits per heavy atom. The molecule has 8 heteroatoms. The monoisotopic (exact) mass is 428 g/mol. The molecule has 8 nitrogen and oxygen atoms in total. The van der Waals surface area contributed by atoms with Crippen molar-refractivity contribution in [1.82, 2.24) is 19.9 Å². The maximum absolute atomic E-state index is 12.7. The minimum atomic E-state index is -0.398. The van der Waals surface area contributed by atoms with Crippen molar-refractivity contribution in [3.05, 3.63) is 91.3 Å². The number of methoxy groups -OCH3 is 2. The highest BCUT2D eigenvalue weighted by Gasteiger charge is 2.06. The average molecular weight is 428 g/mol. The topological polar surface area (TPSA) is 116 Å². The van der Waals surface area contributed by atoms with Gasteiger partial charge in [-0.1, -0.05) is 0 Å². The van der Waals surface area contributed by atoms with E-state index in [9.17, 15) is 9.59 Å². The Bertz CT molecular complexity index is 1570. The van der Waals surface area contributed by atoms with Crippen molar-refractivity contribution < 1.29 is 9.47 Å². The highest BCUT2D eigenvalue weighted by Crippen LogP contribution is 2.24. The summed E-state index contributed by atoms with van der Waals surface area (Å²) in [5, 5.41) is 2.09. The van der Waals surface area contributed by atoms with Crippen LogP contribution in [0.25, 0.3) is 34.0 Å². The van der Waals surface area contributed by atoms with Gasteiger partial charge in [0, 0.05) is 45.3 Å². The summed E-state index contributed by atoms with van der Waals surface area (Å²) < 4.78 is 10.6. The maximum atomic E-state index is 12.7. The molecule has 5 aromatic rings. The molecule has 0 unspecified atom stereocenters. The number of benzene rings is 2. The molecule has 32 heavy (non-hydrogen) atoms. The third-order valence-electron chi connectivity index (χ3n) is 5.43. The standard InChI is InChI=1S/C24H20N4O4/c1-31-15-3-5-19-17(9-15)13(11-25-19)7-21-23(29)28-22(24(30)27-21)8-14-12-26-20-6-4-16(32-2)10-18(14)20/h3-12,25-26H,1-2H3,(H,27,30)(H,28,29)/b21-7-,22-8-. The van der Waals surface area contributed by atoms with Crippen LogP contribution in [0.2, 0.25) is 0 Å². The molecule has 0 amide bonds. The van der Waals surface area contributed by atoms with E-state index >= 15 is 0 Å². The maximum Gasteiger partial charge on any atom is 0.272 e. The molecular weight excluding hydrogens is 408 g/mol. The largest absolute Gasteiger partial charge is 0.497 e. The van der Waals surface area contributed by atoms with Crippen LogP contribution in [0.5, 0.6) is 11.5 Å². The second kappa shape index (κ2) is 7.66. The number of H-pyrrole nitrogens is 4. The number of rotatable bonds is 4.